The molecule has 10 heteroatoms. The Morgan fingerprint density at radius 2 is 1.86 bits per heavy atom. The molecule has 0 spiro atoms. The number of nitrogens with two attached hydrogens (primary N) is 1. The summed E-state index contributed by atoms with van der Waals surface area (Å²) in [6, 6.07) is 0.0391. The lowest BCUT2D eigenvalue weighted by Gasteiger charge is -2.37. The third-order valence-electron chi connectivity index (χ3n) is 7.49. The highest BCUT2D eigenvalue weighted by atomic mass is 35.5. The molecule has 3 aliphatic rings. The molecular weight excluding hydrogens is 470 g/mol. The van der Waals surface area contributed by atoms with Crippen molar-refractivity contribution in [3.8, 4) is 0 Å². The van der Waals surface area contributed by atoms with Crippen LogP contribution in [0, 0.1) is 18.8 Å². The SMILES string of the molecule is Cc1cn([C@@H]2C[C@H](C3CCN(C(=O)OC(C)(C)C)CC3)[C@H]3OC(C)(C)O[C@H]32)c2nc(Cl)nc(N)c12. The van der Waals surface area contributed by atoms with E-state index in [9.17, 15) is 4.79 Å². The molecule has 9 nitrogen and oxygen atoms in total. The first-order chi connectivity index (χ1) is 16.3. The summed E-state index contributed by atoms with van der Waals surface area (Å²) in [5.41, 5.74) is 7.45. The van der Waals surface area contributed by atoms with Crippen LogP contribution in [0.1, 0.15) is 65.5 Å². The van der Waals surface area contributed by atoms with Crippen molar-refractivity contribution in [2.75, 3.05) is 18.8 Å². The van der Waals surface area contributed by atoms with Crippen LogP contribution < -0.4 is 5.73 Å². The Balaban J connectivity index is 1.39. The summed E-state index contributed by atoms with van der Waals surface area (Å²) in [6.45, 7) is 13.0. The number of nitrogen functional groups attached to an aromatic ring is 1. The number of aryl methyl sites for hydroxylation is 1. The highest BCUT2D eigenvalue weighted by Gasteiger charge is 2.56. The lowest BCUT2D eigenvalue weighted by atomic mass is 9.82. The summed E-state index contributed by atoms with van der Waals surface area (Å²) < 4.78 is 20.7. The topological polar surface area (TPSA) is 105 Å². The summed E-state index contributed by atoms with van der Waals surface area (Å²) in [5, 5.41) is 0.970. The molecule has 0 unspecified atom stereocenters. The number of hydrogen-bond donors (Lipinski definition) is 1. The third-order valence-corrected chi connectivity index (χ3v) is 7.66. The molecule has 0 bridgehead atoms. The fraction of sp³-hybridized carbons (Fsp3) is 0.720. The van der Waals surface area contributed by atoms with Crippen LogP contribution in [0.2, 0.25) is 5.28 Å². The van der Waals surface area contributed by atoms with Crippen LogP contribution in [0.4, 0.5) is 10.6 Å². The van der Waals surface area contributed by atoms with Gasteiger partial charge in [0.25, 0.3) is 0 Å². The van der Waals surface area contributed by atoms with E-state index in [1.807, 2.05) is 46.4 Å². The molecule has 1 amide bonds. The minimum absolute atomic E-state index is 0.0273. The van der Waals surface area contributed by atoms with Crippen molar-refractivity contribution in [1.29, 1.82) is 0 Å². The first-order valence-corrected chi connectivity index (χ1v) is 12.8. The second kappa shape index (κ2) is 8.49. The van der Waals surface area contributed by atoms with Crippen LogP contribution in [-0.4, -0.2) is 62.2 Å². The van der Waals surface area contributed by atoms with E-state index < -0.39 is 11.4 Å². The van der Waals surface area contributed by atoms with Gasteiger partial charge in [-0.05, 0) is 89.8 Å². The van der Waals surface area contributed by atoms with Crippen LogP contribution in [0.3, 0.4) is 0 Å². The maximum absolute atomic E-state index is 12.6. The van der Waals surface area contributed by atoms with Crippen molar-refractivity contribution in [3.63, 3.8) is 0 Å². The van der Waals surface area contributed by atoms with Gasteiger partial charge in [0, 0.05) is 19.3 Å². The van der Waals surface area contributed by atoms with Crippen molar-refractivity contribution in [2.24, 2.45) is 11.8 Å². The fourth-order valence-corrected chi connectivity index (χ4v) is 6.32. The summed E-state index contributed by atoms with van der Waals surface area (Å²) >= 11 is 6.18. The van der Waals surface area contributed by atoms with Gasteiger partial charge in [0.2, 0.25) is 5.28 Å². The first-order valence-electron chi connectivity index (χ1n) is 12.5. The van der Waals surface area contributed by atoms with Crippen LogP contribution in [0.25, 0.3) is 11.0 Å². The number of amides is 1. The van der Waals surface area contributed by atoms with Gasteiger partial charge in [0.05, 0.1) is 17.5 Å². The van der Waals surface area contributed by atoms with E-state index in [-0.39, 0.29) is 29.6 Å². The van der Waals surface area contributed by atoms with Gasteiger partial charge in [-0.2, -0.15) is 4.98 Å². The van der Waals surface area contributed by atoms with Crippen molar-refractivity contribution in [2.45, 2.75) is 90.4 Å². The predicted octanol–water partition coefficient (Wildman–Crippen LogP) is 4.70. The van der Waals surface area contributed by atoms with E-state index in [1.54, 1.807) is 0 Å². The van der Waals surface area contributed by atoms with Gasteiger partial charge in [-0.25, -0.2) is 9.78 Å². The van der Waals surface area contributed by atoms with Gasteiger partial charge in [0.15, 0.2) is 5.79 Å². The lowest BCUT2D eigenvalue weighted by molar-refractivity contribution is -0.163. The number of carbonyl (C=O) groups is 1. The summed E-state index contributed by atoms with van der Waals surface area (Å²) in [5.74, 6) is 0.461. The van der Waals surface area contributed by atoms with Gasteiger partial charge in [-0.15, -0.1) is 0 Å². The minimum atomic E-state index is -0.660. The Kier molecular flexibility index (Phi) is 5.96. The number of nitrogens with zero attached hydrogens (tertiary/aromatic N) is 4. The van der Waals surface area contributed by atoms with Crippen LogP contribution >= 0.6 is 11.6 Å². The molecule has 4 atom stereocenters. The Morgan fingerprint density at radius 3 is 2.51 bits per heavy atom. The molecular formula is C25H36ClN5O4. The highest BCUT2D eigenvalue weighted by Crippen LogP contribution is 2.52. The quantitative estimate of drug-likeness (QED) is 0.589. The van der Waals surface area contributed by atoms with Crippen molar-refractivity contribution >= 4 is 34.5 Å². The second-order valence-corrected chi connectivity index (χ2v) is 12.0. The van der Waals surface area contributed by atoms with Crippen LogP contribution in [0.15, 0.2) is 6.20 Å². The Morgan fingerprint density at radius 1 is 1.20 bits per heavy atom. The number of aromatic nitrogens is 3. The Bertz CT molecular complexity index is 1140. The number of hydrogen-bond acceptors (Lipinski definition) is 7. The highest BCUT2D eigenvalue weighted by molar-refractivity contribution is 6.28. The maximum atomic E-state index is 12.6. The van der Waals surface area contributed by atoms with Gasteiger partial charge >= 0.3 is 6.09 Å². The first kappa shape index (κ1) is 24.6. The Labute approximate surface area is 211 Å². The molecule has 1 saturated carbocycles. The van der Waals surface area contributed by atoms with Gasteiger partial charge in [0.1, 0.15) is 23.2 Å². The molecule has 2 N–H and O–H groups in total. The van der Waals surface area contributed by atoms with E-state index in [2.05, 4.69) is 20.7 Å². The normalized spacial score (nSPS) is 29.1. The van der Waals surface area contributed by atoms with E-state index >= 15 is 0 Å². The monoisotopic (exact) mass is 505 g/mol. The number of piperidine rings is 1. The molecule has 3 fully saturated rings. The molecule has 2 aromatic rings. The number of ether oxygens (including phenoxy) is 3. The van der Waals surface area contributed by atoms with Crippen molar-refractivity contribution in [1.82, 2.24) is 19.4 Å². The molecule has 2 saturated heterocycles. The zero-order valence-corrected chi connectivity index (χ0v) is 22.1. The smallest absolute Gasteiger partial charge is 0.410 e. The number of halogens is 1. The second-order valence-electron chi connectivity index (χ2n) is 11.6. The molecule has 35 heavy (non-hydrogen) atoms. The average molecular weight is 506 g/mol. The predicted molar refractivity (Wildman–Crippen MR) is 133 cm³/mol. The van der Waals surface area contributed by atoms with Gasteiger partial charge in [-0.3, -0.25) is 0 Å². The molecule has 2 aromatic heterocycles. The van der Waals surface area contributed by atoms with Gasteiger partial charge < -0.3 is 29.4 Å². The van der Waals surface area contributed by atoms with Crippen LogP contribution in [-0.2, 0) is 14.2 Å². The number of rotatable bonds is 2. The van der Waals surface area contributed by atoms with Gasteiger partial charge in [-0.1, -0.05) is 0 Å². The van der Waals surface area contributed by atoms with E-state index in [0.717, 1.165) is 35.9 Å². The maximum Gasteiger partial charge on any atom is 0.410 e. The van der Waals surface area contributed by atoms with Crippen molar-refractivity contribution in [3.05, 3.63) is 17.0 Å². The largest absolute Gasteiger partial charge is 0.444 e. The number of carbonyl (C=O) groups excluding carboxylic acids is 1. The Hall–Kier alpha value is -2.10. The molecule has 2 aliphatic heterocycles. The molecule has 4 heterocycles. The van der Waals surface area contributed by atoms with Crippen molar-refractivity contribution < 1.29 is 19.0 Å². The lowest BCUT2D eigenvalue weighted by Crippen LogP contribution is -2.44. The zero-order valence-electron chi connectivity index (χ0n) is 21.4. The van der Waals surface area contributed by atoms with E-state index in [4.69, 9.17) is 31.5 Å². The molecule has 0 aromatic carbocycles. The van der Waals surface area contributed by atoms with Crippen LogP contribution in [0.5, 0.6) is 0 Å². The average Bonchev–Trinajstić information content (AvgIpc) is 3.34. The molecule has 1 aliphatic carbocycles. The number of anilines is 1. The van der Waals surface area contributed by atoms with E-state index in [1.165, 1.54) is 0 Å². The fourth-order valence-electron chi connectivity index (χ4n) is 6.15. The third kappa shape index (κ3) is 4.58. The molecule has 0 radical (unpaired) electrons. The number of likely N-dealkylation sites (tertiary alicyclic amines) is 1. The molecule has 192 valence electrons. The number of fused-ring (bicyclic) bond motifs is 2. The zero-order chi connectivity index (χ0) is 25.3. The molecule has 5 rings (SSSR count). The summed E-state index contributed by atoms with van der Waals surface area (Å²) in [6.07, 6.45) is 4.43. The standard InChI is InChI=1S/C25H36ClN5O4/c1-13-12-31(21-17(13)20(27)28-22(26)29-21)16-11-15(18-19(16)34-25(5,6)33-18)14-7-9-30(10-8-14)23(32)35-24(2,3)4/h12,14-16,18-19H,7-11H2,1-6H3,(H2,27,28,29)/t15-,16-,18-,19+/m1/s1. The summed E-state index contributed by atoms with van der Waals surface area (Å²) in [4.78, 5) is 23.1. The van der Waals surface area contributed by atoms with E-state index in [0.29, 0.717) is 30.7 Å². The minimum Gasteiger partial charge on any atom is -0.444 e. The summed E-state index contributed by atoms with van der Waals surface area (Å²) in [7, 11) is 0.